The van der Waals surface area contributed by atoms with Crippen LogP contribution in [0.5, 0.6) is 5.75 Å². The van der Waals surface area contributed by atoms with Crippen LogP contribution in [0.25, 0.3) is 10.9 Å². The van der Waals surface area contributed by atoms with E-state index in [0.29, 0.717) is 19.0 Å². The van der Waals surface area contributed by atoms with E-state index in [9.17, 15) is 4.79 Å². The Morgan fingerprint density at radius 2 is 2.00 bits per heavy atom. The molecule has 1 N–H and O–H groups in total. The summed E-state index contributed by atoms with van der Waals surface area (Å²) in [6, 6.07) is 9.50. The van der Waals surface area contributed by atoms with E-state index in [1.54, 1.807) is 0 Å². The zero-order valence-corrected chi connectivity index (χ0v) is 10.0. The first-order valence-corrected chi connectivity index (χ1v) is 6.19. The van der Waals surface area contributed by atoms with Crippen molar-refractivity contribution in [3.63, 3.8) is 0 Å². The van der Waals surface area contributed by atoms with E-state index in [4.69, 9.17) is 9.47 Å². The third kappa shape index (κ3) is 2.24. The van der Waals surface area contributed by atoms with Gasteiger partial charge in [0.1, 0.15) is 6.10 Å². The Morgan fingerprint density at radius 1 is 1.22 bits per heavy atom. The van der Waals surface area contributed by atoms with Gasteiger partial charge in [-0.1, -0.05) is 18.2 Å². The fourth-order valence-electron chi connectivity index (χ4n) is 2.19. The van der Waals surface area contributed by atoms with Crippen molar-refractivity contribution in [3.05, 3.63) is 40.7 Å². The molecule has 94 valence electrons. The molecular formula is C14H15NO3. The molecule has 0 radical (unpaired) electrons. The highest BCUT2D eigenvalue weighted by Crippen LogP contribution is 2.18. The lowest BCUT2D eigenvalue weighted by molar-refractivity contribution is 0.0250. The molecule has 0 saturated carbocycles. The number of hydrogen-bond donors (Lipinski definition) is 1. The summed E-state index contributed by atoms with van der Waals surface area (Å²) in [5.41, 5.74) is 0.669. The maximum atomic E-state index is 11.9. The first-order chi connectivity index (χ1) is 8.83. The summed E-state index contributed by atoms with van der Waals surface area (Å²) in [4.78, 5) is 14.7. The van der Waals surface area contributed by atoms with Crippen molar-refractivity contribution in [2.75, 3.05) is 13.2 Å². The first kappa shape index (κ1) is 11.3. The summed E-state index contributed by atoms with van der Waals surface area (Å²) < 4.78 is 11.0. The quantitative estimate of drug-likeness (QED) is 0.881. The van der Waals surface area contributed by atoms with E-state index >= 15 is 0 Å². The van der Waals surface area contributed by atoms with Gasteiger partial charge in [0.25, 0.3) is 5.56 Å². The molecule has 0 bridgehead atoms. The molecule has 3 rings (SSSR count). The van der Waals surface area contributed by atoms with E-state index in [1.807, 2.05) is 30.3 Å². The molecule has 0 aliphatic carbocycles. The average molecular weight is 245 g/mol. The molecule has 4 nitrogen and oxygen atoms in total. The first-order valence-electron chi connectivity index (χ1n) is 6.19. The number of pyridine rings is 1. The second-order valence-electron chi connectivity index (χ2n) is 4.48. The molecule has 0 spiro atoms. The van der Waals surface area contributed by atoms with Crippen LogP contribution < -0.4 is 10.3 Å². The standard InChI is InChI=1S/C14H15NO3/c16-14-13(18-11-5-7-17-8-6-11)9-10-3-1-2-4-12(10)15-14/h1-4,9,11H,5-8H2,(H,15,16). The van der Waals surface area contributed by atoms with Crippen LogP contribution in [-0.4, -0.2) is 24.3 Å². The highest BCUT2D eigenvalue weighted by Gasteiger charge is 2.16. The summed E-state index contributed by atoms with van der Waals surface area (Å²) in [6.07, 6.45) is 1.76. The third-order valence-corrected chi connectivity index (χ3v) is 3.18. The highest BCUT2D eigenvalue weighted by molar-refractivity contribution is 5.79. The molecule has 18 heavy (non-hydrogen) atoms. The molecule has 1 aliphatic heterocycles. The van der Waals surface area contributed by atoms with E-state index in [1.165, 1.54) is 0 Å². The van der Waals surface area contributed by atoms with Crippen LogP contribution in [0, 0.1) is 0 Å². The van der Waals surface area contributed by atoms with Gasteiger partial charge in [0.15, 0.2) is 5.75 Å². The number of hydrogen-bond acceptors (Lipinski definition) is 3. The van der Waals surface area contributed by atoms with E-state index in [-0.39, 0.29) is 11.7 Å². The number of fused-ring (bicyclic) bond motifs is 1. The number of aromatic nitrogens is 1. The van der Waals surface area contributed by atoms with Crippen LogP contribution in [0.4, 0.5) is 0 Å². The molecule has 0 unspecified atom stereocenters. The maximum Gasteiger partial charge on any atom is 0.290 e. The van der Waals surface area contributed by atoms with Gasteiger partial charge in [-0.25, -0.2) is 0 Å². The Hall–Kier alpha value is -1.81. The normalized spacial score (nSPS) is 16.9. The Morgan fingerprint density at radius 3 is 2.83 bits per heavy atom. The predicted molar refractivity (Wildman–Crippen MR) is 69.0 cm³/mol. The monoisotopic (exact) mass is 245 g/mol. The number of H-pyrrole nitrogens is 1. The third-order valence-electron chi connectivity index (χ3n) is 3.18. The summed E-state index contributed by atoms with van der Waals surface area (Å²) >= 11 is 0. The van der Waals surface area contributed by atoms with Gasteiger partial charge in [0, 0.05) is 23.7 Å². The van der Waals surface area contributed by atoms with Gasteiger partial charge < -0.3 is 14.5 Å². The smallest absolute Gasteiger partial charge is 0.290 e. The number of ether oxygens (including phenoxy) is 2. The molecule has 1 saturated heterocycles. The molecule has 0 amide bonds. The van der Waals surface area contributed by atoms with Crippen LogP contribution in [-0.2, 0) is 4.74 Å². The van der Waals surface area contributed by atoms with Crippen molar-refractivity contribution in [2.45, 2.75) is 18.9 Å². The number of para-hydroxylation sites is 1. The fraction of sp³-hybridized carbons (Fsp3) is 0.357. The van der Waals surface area contributed by atoms with Crippen molar-refractivity contribution in [1.29, 1.82) is 0 Å². The van der Waals surface area contributed by atoms with Crippen molar-refractivity contribution in [1.82, 2.24) is 4.98 Å². The van der Waals surface area contributed by atoms with Gasteiger partial charge in [-0.2, -0.15) is 0 Å². The van der Waals surface area contributed by atoms with Gasteiger partial charge >= 0.3 is 0 Å². The van der Waals surface area contributed by atoms with Crippen molar-refractivity contribution in [2.24, 2.45) is 0 Å². The lowest BCUT2D eigenvalue weighted by Gasteiger charge is -2.22. The molecule has 1 aromatic heterocycles. The van der Waals surface area contributed by atoms with Crippen LogP contribution >= 0.6 is 0 Å². The molecule has 1 aromatic carbocycles. The Bertz CT molecular complexity index is 599. The summed E-state index contributed by atoms with van der Waals surface area (Å²) in [5, 5.41) is 0.985. The average Bonchev–Trinajstić information content (AvgIpc) is 2.41. The van der Waals surface area contributed by atoms with Gasteiger partial charge in [0.2, 0.25) is 0 Å². The largest absolute Gasteiger partial charge is 0.484 e. The van der Waals surface area contributed by atoms with Crippen molar-refractivity contribution >= 4 is 10.9 Å². The Kier molecular flexibility index (Phi) is 3.02. The lowest BCUT2D eigenvalue weighted by atomic mass is 10.1. The molecule has 1 aliphatic rings. The Labute approximate surface area is 105 Å². The zero-order chi connectivity index (χ0) is 12.4. The second-order valence-corrected chi connectivity index (χ2v) is 4.48. The maximum absolute atomic E-state index is 11.9. The molecule has 0 atom stereocenters. The molecule has 2 heterocycles. The molecule has 1 fully saturated rings. The van der Waals surface area contributed by atoms with Crippen LogP contribution in [0.15, 0.2) is 35.1 Å². The minimum Gasteiger partial charge on any atom is -0.484 e. The minimum absolute atomic E-state index is 0.0843. The summed E-state index contributed by atoms with van der Waals surface area (Å²) in [7, 11) is 0. The minimum atomic E-state index is -0.166. The van der Waals surface area contributed by atoms with E-state index < -0.39 is 0 Å². The van der Waals surface area contributed by atoms with Crippen molar-refractivity contribution in [3.8, 4) is 5.75 Å². The van der Waals surface area contributed by atoms with Crippen molar-refractivity contribution < 1.29 is 9.47 Å². The number of aromatic amines is 1. The van der Waals surface area contributed by atoms with Crippen LogP contribution in [0.3, 0.4) is 0 Å². The summed E-state index contributed by atoms with van der Waals surface area (Å²) in [6.45, 7) is 1.41. The zero-order valence-electron chi connectivity index (χ0n) is 10.0. The van der Waals surface area contributed by atoms with E-state index in [2.05, 4.69) is 4.98 Å². The van der Waals surface area contributed by atoms with Crippen LogP contribution in [0.1, 0.15) is 12.8 Å². The van der Waals surface area contributed by atoms with E-state index in [0.717, 1.165) is 23.7 Å². The SMILES string of the molecule is O=c1[nH]c2ccccc2cc1OC1CCOCC1. The highest BCUT2D eigenvalue weighted by atomic mass is 16.5. The lowest BCUT2D eigenvalue weighted by Crippen LogP contribution is -2.28. The van der Waals surface area contributed by atoms with Gasteiger partial charge in [0.05, 0.1) is 13.2 Å². The Balaban J connectivity index is 1.91. The number of nitrogens with one attached hydrogen (secondary N) is 1. The van der Waals surface area contributed by atoms with Crippen LogP contribution in [0.2, 0.25) is 0 Å². The number of rotatable bonds is 2. The second kappa shape index (κ2) is 4.82. The fourth-order valence-corrected chi connectivity index (χ4v) is 2.19. The van der Waals surface area contributed by atoms with Gasteiger partial charge in [-0.15, -0.1) is 0 Å². The number of benzene rings is 1. The van der Waals surface area contributed by atoms with Gasteiger partial charge in [-0.05, 0) is 12.1 Å². The molecular weight excluding hydrogens is 230 g/mol. The molecule has 4 heteroatoms. The topological polar surface area (TPSA) is 51.3 Å². The molecule has 2 aromatic rings. The summed E-state index contributed by atoms with van der Waals surface area (Å²) in [5.74, 6) is 0.403. The predicted octanol–water partition coefficient (Wildman–Crippen LogP) is 2.09. The van der Waals surface area contributed by atoms with Gasteiger partial charge in [-0.3, -0.25) is 4.79 Å².